The van der Waals surface area contributed by atoms with E-state index in [0.717, 1.165) is 33.4 Å². The number of hydrogen-bond acceptors (Lipinski definition) is 5. The Labute approximate surface area is 110 Å². The fraction of sp³-hybridized carbons (Fsp3) is 0.308. The monoisotopic (exact) mass is 264 g/mol. The van der Waals surface area contributed by atoms with Gasteiger partial charge in [0.25, 0.3) is 0 Å². The summed E-state index contributed by atoms with van der Waals surface area (Å²) in [5.41, 5.74) is 6.88. The molecule has 0 aliphatic heterocycles. The lowest BCUT2D eigenvalue weighted by atomic mass is 10.1. The van der Waals surface area contributed by atoms with Gasteiger partial charge in [-0.1, -0.05) is 6.07 Å². The van der Waals surface area contributed by atoms with Crippen LogP contribution in [0.15, 0.2) is 18.2 Å². The Morgan fingerprint density at radius 1 is 1.22 bits per heavy atom. The molecular weight excluding hydrogens is 248 g/mol. The minimum absolute atomic E-state index is 0.621. The molecule has 2 rings (SSSR count). The van der Waals surface area contributed by atoms with Gasteiger partial charge in [-0.25, -0.2) is 4.98 Å². The van der Waals surface area contributed by atoms with Gasteiger partial charge < -0.3 is 15.2 Å². The smallest absolute Gasteiger partial charge is 0.160 e. The lowest BCUT2D eigenvalue weighted by Crippen LogP contribution is -1.94. The van der Waals surface area contributed by atoms with E-state index in [2.05, 4.69) is 4.98 Å². The second kappa shape index (κ2) is 5.27. The summed E-state index contributed by atoms with van der Waals surface area (Å²) in [4.78, 5) is 5.39. The first-order chi connectivity index (χ1) is 8.63. The zero-order valence-electron chi connectivity index (χ0n) is 10.7. The van der Waals surface area contributed by atoms with Crippen molar-refractivity contribution in [1.82, 2.24) is 4.98 Å². The van der Waals surface area contributed by atoms with Crippen LogP contribution in [0.4, 0.5) is 5.82 Å². The van der Waals surface area contributed by atoms with E-state index >= 15 is 0 Å². The van der Waals surface area contributed by atoms with E-state index in [9.17, 15) is 0 Å². The molecule has 0 unspecified atom stereocenters. The molecule has 18 heavy (non-hydrogen) atoms. The van der Waals surface area contributed by atoms with Crippen molar-refractivity contribution < 1.29 is 9.47 Å². The van der Waals surface area contributed by atoms with Crippen molar-refractivity contribution in [3.8, 4) is 11.5 Å². The minimum Gasteiger partial charge on any atom is -0.493 e. The molecule has 0 bridgehead atoms. The molecule has 0 amide bonds. The van der Waals surface area contributed by atoms with Crippen LogP contribution >= 0.6 is 11.3 Å². The standard InChI is InChI=1S/C13H16N2O2S/c1-8-13(14)15-12(18-8)7-9-4-5-10(16-2)11(6-9)17-3/h4-6H,7,14H2,1-3H3. The predicted octanol–water partition coefficient (Wildman–Crippen LogP) is 2.64. The Morgan fingerprint density at radius 2 is 1.94 bits per heavy atom. The van der Waals surface area contributed by atoms with Crippen LogP contribution in [-0.4, -0.2) is 19.2 Å². The van der Waals surface area contributed by atoms with Gasteiger partial charge in [0.05, 0.1) is 19.2 Å². The number of benzene rings is 1. The van der Waals surface area contributed by atoms with Crippen LogP contribution in [0.2, 0.25) is 0 Å². The zero-order chi connectivity index (χ0) is 13.1. The van der Waals surface area contributed by atoms with Crippen LogP contribution < -0.4 is 15.2 Å². The fourth-order valence-electron chi connectivity index (χ4n) is 1.71. The number of nitrogen functional groups attached to an aromatic ring is 1. The summed E-state index contributed by atoms with van der Waals surface area (Å²) in [5, 5.41) is 1.01. The van der Waals surface area contributed by atoms with Gasteiger partial charge in [0.1, 0.15) is 5.82 Å². The fourth-order valence-corrected chi connectivity index (χ4v) is 2.59. The van der Waals surface area contributed by atoms with Gasteiger partial charge in [0.15, 0.2) is 11.5 Å². The summed E-state index contributed by atoms with van der Waals surface area (Å²) >= 11 is 1.62. The molecule has 0 saturated carbocycles. The molecule has 0 aliphatic carbocycles. The highest BCUT2D eigenvalue weighted by Gasteiger charge is 2.08. The Hall–Kier alpha value is -1.75. The molecule has 1 aromatic carbocycles. The van der Waals surface area contributed by atoms with E-state index < -0.39 is 0 Å². The maximum atomic E-state index is 5.75. The lowest BCUT2D eigenvalue weighted by molar-refractivity contribution is 0.354. The maximum absolute atomic E-state index is 5.75. The van der Waals surface area contributed by atoms with Gasteiger partial charge in [0, 0.05) is 11.3 Å². The van der Waals surface area contributed by atoms with E-state index in [4.69, 9.17) is 15.2 Å². The quantitative estimate of drug-likeness (QED) is 0.922. The number of hydrogen-bond donors (Lipinski definition) is 1. The first-order valence-electron chi connectivity index (χ1n) is 5.56. The van der Waals surface area contributed by atoms with Crippen molar-refractivity contribution in [3.63, 3.8) is 0 Å². The molecule has 0 saturated heterocycles. The zero-order valence-corrected chi connectivity index (χ0v) is 11.5. The number of rotatable bonds is 4. The largest absolute Gasteiger partial charge is 0.493 e. The average Bonchev–Trinajstić information content (AvgIpc) is 2.68. The molecule has 5 heteroatoms. The molecule has 0 radical (unpaired) electrons. The SMILES string of the molecule is COc1ccc(Cc2nc(N)c(C)s2)cc1OC. The highest BCUT2D eigenvalue weighted by molar-refractivity contribution is 7.12. The number of aryl methyl sites for hydroxylation is 1. The summed E-state index contributed by atoms with van der Waals surface area (Å²) in [6, 6.07) is 5.87. The summed E-state index contributed by atoms with van der Waals surface area (Å²) in [5.74, 6) is 2.09. The van der Waals surface area contributed by atoms with Gasteiger partial charge in [-0.3, -0.25) is 0 Å². The van der Waals surface area contributed by atoms with Crippen LogP contribution in [0.1, 0.15) is 15.4 Å². The molecule has 1 aromatic heterocycles. The molecule has 2 aromatic rings. The second-order valence-electron chi connectivity index (χ2n) is 3.92. The number of aromatic nitrogens is 1. The van der Waals surface area contributed by atoms with E-state index in [1.807, 2.05) is 25.1 Å². The third-order valence-corrected chi connectivity index (χ3v) is 3.67. The second-order valence-corrected chi connectivity index (χ2v) is 5.20. The summed E-state index contributed by atoms with van der Waals surface area (Å²) < 4.78 is 10.5. The number of nitrogens with two attached hydrogens (primary N) is 1. The van der Waals surface area contributed by atoms with Crippen molar-refractivity contribution in [2.45, 2.75) is 13.3 Å². The molecule has 0 atom stereocenters. The number of nitrogens with zero attached hydrogens (tertiary/aromatic N) is 1. The molecule has 4 nitrogen and oxygen atoms in total. The Morgan fingerprint density at radius 3 is 2.50 bits per heavy atom. The maximum Gasteiger partial charge on any atom is 0.160 e. The highest BCUT2D eigenvalue weighted by Crippen LogP contribution is 2.29. The van der Waals surface area contributed by atoms with E-state index in [1.54, 1.807) is 25.6 Å². The third-order valence-electron chi connectivity index (χ3n) is 2.68. The van der Waals surface area contributed by atoms with Crippen LogP contribution in [0.25, 0.3) is 0 Å². The molecule has 0 fully saturated rings. The highest BCUT2D eigenvalue weighted by atomic mass is 32.1. The van der Waals surface area contributed by atoms with Crippen molar-refractivity contribution in [3.05, 3.63) is 33.6 Å². The van der Waals surface area contributed by atoms with Crippen molar-refractivity contribution >= 4 is 17.2 Å². The normalized spacial score (nSPS) is 10.4. The first-order valence-corrected chi connectivity index (χ1v) is 6.38. The van der Waals surface area contributed by atoms with Gasteiger partial charge in [-0.05, 0) is 24.6 Å². The first kappa shape index (κ1) is 12.7. The number of thiazole rings is 1. The topological polar surface area (TPSA) is 57.4 Å². The Bertz CT molecular complexity index is 532. The van der Waals surface area contributed by atoms with Gasteiger partial charge >= 0.3 is 0 Å². The summed E-state index contributed by atoms with van der Waals surface area (Å²) in [7, 11) is 3.26. The van der Waals surface area contributed by atoms with Crippen molar-refractivity contribution in [1.29, 1.82) is 0 Å². The molecule has 2 N–H and O–H groups in total. The van der Waals surface area contributed by atoms with E-state index in [1.165, 1.54) is 0 Å². The molecule has 0 spiro atoms. The molecule has 96 valence electrons. The van der Waals surface area contributed by atoms with Gasteiger partial charge in [0.2, 0.25) is 0 Å². The van der Waals surface area contributed by atoms with Crippen LogP contribution in [0.3, 0.4) is 0 Å². The number of anilines is 1. The molecular formula is C13H16N2O2S. The predicted molar refractivity (Wildman–Crippen MR) is 73.6 cm³/mol. The molecule has 1 heterocycles. The Balaban J connectivity index is 2.24. The van der Waals surface area contributed by atoms with Crippen molar-refractivity contribution in [2.75, 3.05) is 20.0 Å². The van der Waals surface area contributed by atoms with E-state index in [-0.39, 0.29) is 0 Å². The third kappa shape index (κ3) is 2.56. The van der Waals surface area contributed by atoms with E-state index in [0.29, 0.717) is 5.82 Å². The lowest BCUT2D eigenvalue weighted by Gasteiger charge is -2.08. The van der Waals surface area contributed by atoms with Gasteiger partial charge in [-0.2, -0.15) is 0 Å². The van der Waals surface area contributed by atoms with Gasteiger partial charge in [-0.15, -0.1) is 11.3 Å². The number of ether oxygens (including phenoxy) is 2. The Kier molecular flexibility index (Phi) is 3.72. The summed E-state index contributed by atoms with van der Waals surface area (Å²) in [6.07, 6.45) is 0.753. The summed E-state index contributed by atoms with van der Waals surface area (Å²) in [6.45, 7) is 1.98. The van der Waals surface area contributed by atoms with Crippen LogP contribution in [-0.2, 0) is 6.42 Å². The van der Waals surface area contributed by atoms with Crippen LogP contribution in [0, 0.1) is 6.92 Å². The number of methoxy groups -OCH3 is 2. The molecule has 0 aliphatic rings. The minimum atomic E-state index is 0.621. The van der Waals surface area contributed by atoms with Crippen molar-refractivity contribution in [2.24, 2.45) is 0 Å². The average molecular weight is 264 g/mol. The van der Waals surface area contributed by atoms with Crippen LogP contribution in [0.5, 0.6) is 11.5 Å².